The molecule has 4 unspecified atom stereocenters. The number of hydrogen-bond donors (Lipinski definition) is 1. The number of carbonyl (C=O) groups excluding carboxylic acids is 1. The van der Waals surface area contributed by atoms with Crippen molar-refractivity contribution in [2.45, 2.75) is 83.7 Å². The van der Waals surface area contributed by atoms with E-state index in [2.05, 4.69) is 27.8 Å². The van der Waals surface area contributed by atoms with Gasteiger partial charge in [0.15, 0.2) is 0 Å². The Morgan fingerprint density at radius 1 is 1.36 bits per heavy atom. The van der Waals surface area contributed by atoms with Crippen LogP contribution in [0.1, 0.15) is 78.1 Å². The Bertz CT molecular complexity index is 500. The van der Waals surface area contributed by atoms with Crippen molar-refractivity contribution in [1.29, 1.82) is 0 Å². The van der Waals surface area contributed by atoms with Crippen LogP contribution in [0.4, 0.5) is 0 Å². The van der Waals surface area contributed by atoms with Crippen LogP contribution in [0.3, 0.4) is 0 Å². The number of allylic oxidation sites excluding steroid dienone is 1. The van der Waals surface area contributed by atoms with E-state index in [1.165, 1.54) is 49.8 Å². The molecule has 0 aromatic rings. The second kappa shape index (κ2) is 8.56. The van der Waals surface area contributed by atoms with Gasteiger partial charge in [0.05, 0.1) is 0 Å². The van der Waals surface area contributed by atoms with Crippen LogP contribution >= 0.6 is 15.9 Å². The highest BCUT2D eigenvalue weighted by molar-refractivity contribution is 9.11. The van der Waals surface area contributed by atoms with Gasteiger partial charge >= 0.3 is 0 Å². The van der Waals surface area contributed by atoms with E-state index in [0.29, 0.717) is 11.8 Å². The van der Waals surface area contributed by atoms with E-state index in [-0.39, 0.29) is 5.91 Å². The summed E-state index contributed by atoms with van der Waals surface area (Å²) in [4.78, 5) is 15.6. The van der Waals surface area contributed by atoms with E-state index in [9.17, 15) is 9.90 Å². The number of carbonyl (C=O) groups is 1. The van der Waals surface area contributed by atoms with Crippen LogP contribution in [0.2, 0.25) is 0 Å². The summed E-state index contributed by atoms with van der Waals surface area (Å²) in [7, 11) is 3.40. The number of hydrogen-bond acceptors (Lipinski definition) is 2. The third-order valence-corrected chi connectivity index (χ3v) is 7.47. The average Bonchev–Trinajstić information content (AvgIpc) is 2.90. The van der Waals surface area contributed by atoms with Crippen molar-refractivity contribution in [2.75, 3.05) is 14.1 Å². The molecular weight excluding hydrogens is 378 g/mol. The van der Waals surface area contributed by atoms with Crippen LogP contribution in [0.15, 0.2) is 10.6 Å². The van der Waals surface area contributed by atoms with E-state index in [1.54, 1.807) is 26.6 Å². The number of amides is 1. The molecule has 0 radical (unpaired) electrons. The lowest BCUT2D eigenvalue weighted by atomic mass is 9.63. The van der Waals surface area contributed by atoms with Crippen molar-refractivity contribution >= 4 is 21.8 Å². The summed E-state index contributed by atoms with van der Waals surface area (Å²) in [6.45, 7) is 4.17. The fourth-order valence-electron chi connectivity index (χ4n) is 5.38. The molecule has 0 aliphatic heterocycles. The second-order valence-electron chi connectivity index (χ2n) is 8.94. The molecule has 1 N–H and O–H groups in total. The van der Waals surface area contributed by atoms with Gasteiger partial charge in [-0.15, -0.1) is 0 Å². The van der Waals surface area contributed by atoms with E-state index in [4.69, 9.17) is 0 Å². The third kappa shape index (κ3) is 4.68. The first-order valence-corrected chi connectivity index (χ1v) is 10.9. The maximum Gasteiger partial charge on any atom is 0.253 e. The molecule has 2 aliphatic carbocycles. The monoisotopic (exact) mass is 413 g/mol. The van der Waals surface area contributed by atoms with Gasteiger partial charge in [-0.05, 0) is 74.1 Å². The van der Waals surface area contributed by atoms with Gasteiger partial charge in [-0.3, -0.25) is 4.79 Å². The van der Waals surface area contributed by atoms with Crippen LogP contribution in [-0.2, 0) is 4.79 Å². The summed E-state index contributed by atoms with van der Waals surface area (Å²) in [5.74, 6) is 1.43. The second-order valence-corrected chi connectivity index (χ2v) is 9.40. The molecule has 25 heavy (non-hydrogen) atoms. The summed E-state index contributed by atoms with van der Waals surface area (Å²) in [6.07, 6.45) is 11.8. The molecule has 0 spiro atoms. The van der Waals surface area contributed by atoms with Crippen molar-refractivity contribution in [3.05, 3.63) is 10.6 Å². The van der Waals surface area contributed by atoms with Crippen LogP contribution in [-0.4, -0.2) is 35.6 Å². The van der Waals surface area contributed by atoms with Gasteiger partial charge in [0.2, 0.25) is 0 Å². The zero-order chi connectivity index (χ0) is 18.7. The molecule has 4 heteroatoms. The van der Waals surface area contributed by atoms with Gasteiger partial charge in [-0.1, -0.05) is 47.7 Å². The average molecular weight is 414 g/mol. The largest absolute Gasteiger partial charge is 0.380 e. The highest BCUT2D eigenvalue weighted by Gasteiger charge is 2.48. The molecule has 2 rings (SSSR count). The molecular formula is C21H36BrNO2. The first-order chi connectivity index (χ1) is 11.7. The Morgan fingerprint density at radius 2 is 2.08 bits per heavy atom. The lowest BCUT2D eigenvalue weighted by Crippen LogP contribution is -2.43. The zero-order valence-electron chi connectivity index (χ0n) is 16.5. The molecule has 2 aliphatic rings. The quantitative estimate of drug-likeness (QED) is 0.577. The number of aliphatic hydroxyl groups is 1. The SMILES string of the molecule is CN(C)C(=O)C(C)(O)CCCCCC1CCC2/C(=C/Br)CCCC12C. The van der Waals surface area contributed by atoms with E-state index in [1.807, 2.05) is 0 Å². The molecule has 3 nitrogen and oxygen atoms in total. The maximum absolute atomic E-state index is 12.0. The van der Waals surface area contributed by atoms with Crippen LogP contribution in [0, 0.1) is 17.3 Å². The number of nitrogens with zero attached hydrogens (tertiary/aromatic N) is 1. The van der Waals surface area contributed by atoms with Crippen molar-refractivity contribution in [3.8, 4) is 0 Å². The highest BCUT2D eigenvalue weighted by atomic mass is 79.9. The Kier molecular flexibility index (Phi) is 7.17. The number of unbranched alkanes of at least 4 members (excludes halogenated alkanes) is 2. The molecule has 4 atom stereocenters. The number of halogens is 1. The Morgan fingerprint density at radius 3 is 2.72 bits per heavy atom. The van der Waals surface area contributed by atoms with E-state index in [0.717, 1.165) is 24.7 Å². The molecule has 2 fully saturated rings. The van der Waals surface area contributed by atoms with Crippen molar-refractivity contribution in [1.82, 2.24) is 4.90 Å². The third-order valence-electron chi connectivity index (χ3n) is 6.88. The molecule has 144 valence electrons. The molecule has 0 aromatic carbocycles. The van der Waals surface area contributed by atoms with Gasteiger partial charge in [-0.25, -0.2) is 0 Å². The van der Waals surface area contributed by atoms with Gasteiger partial charge < -0.3 is 10.0 Å². The van der Waals surface area contributed by atoms with Crippen LogP contribution < -0.4 is 0 Å². The summed E-state index contributed by atoms with van der Waals surface area (Å²) < 4.78 is 0. The topological polar surface area (TPSA) is 40.5 Å². The summed E-state index contributed by atoms with van der Waals surface area (Å²) in [5.41, 5.74) is 0.909. The summed E-state index contributed by atoms with van der Waals surface area (Å²) in [6, 6.07) is 0. The smallest absolute Gasteiger partial charge is 0.253 e. The molecule has 0 saturated heterocycles. The molecule has 0 heterocycles. The minimum atomic E-state index is -1.22. The summed E-state index contributed by atoms with van der Waals surface area (Å²) >= 11 is 3.59. The van der Waals surface area contributed by atoms with Gasteiger partial charge in [0.25, 0.3) is 5.91 Å². The van der Waals surface area contributed by atoms with Crippen molar-refractivity contribution < 1.29 is 9.90 Å². The van der Waals surface area contributed by atoms with Gasteiger partial charge in [0.1, 0.15) is 5.60 Å². The summed E-state index contributed by atoms with van der Waals surface area (Å²) in [5, 5.41) is 10.3. The molecule has 1 amide bonds. The van der Waals surface area contributed by atoms with E-state index < -0.39 is 5.60 Å². The first kappa shape index (κ1) is 21.0. The van der Waals surface area contributed by atoms with Crippen molar-refractivity contribution in [2.24, 2.45) is 17.3 Å². The molecule has 2 saturated carbocycles. The fourth-order valence-corrected chi connectivity index (χ4v) is 5.92. The lowest BCUT2D eigenvalue weighted by molar-refractivity contribution is -0.147. The first-order valence-electron chi connectivity index (χ1n) is 9.95. The van der Waals surface area contributed by atoms with Crippen LogP contribution in [0.5, 0.6) is 0 Å². The minimum Gasteiger partial charge on any atom is -0.380 e. The normalized spacial score (nSPS) is 33.1. The minimum absolute atomic E-state index is 0.185. The fraction of sp³-hybridized carbons (Fsp3) is 0.857. The van der Waals surface area contributed by atoms with Crippen molar-refractivity contribution in [3.63, 3.8) is 0 Å². The number of likely N-dealkylation sites (N-methyl/N-ethyl adjacent to an activating group) is 1. The standard InChI is InChI=1S/C21H36BrNO2/c1-20-13-8-9-16(15-22)18(20)12-11-17(20)10-6-5-7-14-21(2,25)19(24)23(3)4/h15,17-18,25H,5-14H2,1-4H3/b16-15+. The number of rotatable bonds is 7. The van der Waals surface area contributed by atoms with Gasteiger partial charge in [0, 0.05) is 14.1 Å². The predicted molar refractivity (Wildman–Crippen MR) is 108 cm³/mol. The Hall–Kier alpha value is -0.350. The molecule has 0 bridgehead atoms. The highest BCUT2D eigenvalue weighted by Crippen LogP contribution is 2.58. The Labute approximate surface area is 162 Å². The zero-order valence-corrected chi connectivity index (χ0v) is 18.1. The number of fused-ring (bicyclic) bond motifs is 1. The van der Waals surface area contributed by atoms with E-state index >= 15 is 0 Å². The Balaban J connectivity index is 1.77. The predicted octanol–water partition coefficient (Wildman–Crippen LogP) is 5.27. The van der Waals surface area contributed by atoms with Gasteiger partial charge in [-0.2, -0.15) is 0 Å². The van der Waals surface area contributed by atoms with Crippen LogP contribution in [0.25, 0.3) is 0 Å². The molecule has 0 aromatic heterocycles. The lowest BCUT2D eigenvalue weighted by Gasteiger charge is -2.42. The maximum atomic E-state index is 12.0.